The first-order valence-electron chi connectivity index (χ1n) is 9.17. The zero-order valence-electron chi connectivity index (χ0n) is 15.5. The normalized spacial score (nSPS) is 14.8. The van der Waals surface area contributed by atoms with E-state index in [1.54, 1.807) is 18.3 Å². The number of rotatable bonds is 5. The van der Waals surface area contributed by atoms with E-state index in [1.807, 2.05) is 17.5 Å². The second-order valence-corrected chi connectivity index (χ2v) is 8.46. The molecular formula is C20H19BrFN5OS. The van der Waals surface area contributed by atoms with Gasteiger partial charge in [-0.05, 0) is 52.3 Å². The molecule has 150 valence electrons. The third kappa shape index (κ3) is 5.17. The fraction of sp³-hybridized carbons (Fsp3) is 0.250. The number of amides is 1. The molecule has 1 saturated heterocycles. The summed E-state index contributed by atoms with van der Waals surface area (Å²) in [5.41, 5.74) is 1.54. The van der Waals surface area contributed by atoms with Crippen LogP contribution < -0.4 is 10.2 Å². The van der Waals surface area contributed by atoms with E-state index in [1.165, 1.54) is 23.5 Å². The molecule has 3 aromatic rings. The van der Waals surface area contributed by atoms with Crippen LogP contribution in [0.25, 0.3) is 11.3 Å². The largest absolute Gasteiger partial charge is 0.354 e. The van der Waals surface area contributed by atoms with Crippen molar-refractivity contribution in [3.8, 4) is 11.3 Å². The zero-order chi connectivity index (χ0) is 20.2. The summed E-state index contributed by atoms with van der Waals surface area (Å²) < 4.78 is 14.0. The first kappa shape index (κ1) is 19.9. The molecule has 0 aliphatic carbocycles. The van der Waals surface area contributed by atoms with Gasteiger partial charge in [0.2, 0.25) is 5.91 Å². The van der Waals surface area contributed by atoms with E-state index in [-0.39, 0.29) is 11.7 Å². The Hall–Kier alpha value is -2.36. The zero-order valence-corrected chi connectivity index (χ0v) is 17.9. The van der Waals surface area contributed by atoms with Crippen molar-refractivity contribution in [3.63, 3.8) is 0 Å². The average molecular weight is 476 g/mol. The van der Waals surface area contributed by atoms with Crippen molar-refractivity contribution in [1.29, 1.82) is 0 Å². The molecule has 0 saturated carbocycles. The minimum atomic E-state index is -0.284. The molecule has 1 aliphatic heterocycles. The number of aromatic nitrogens is 2. The number of halogens is 2. The lowest BCUT2D eigenvalue weighted by atomic mass is 10.2. The Kier molecular flexibility index (Phi) is 6.17. The summed E-state index contributed by atoms with van der Waals surface area (Å²) in [7, 11) is 0. The highest BCUT2D eigenvalue weighted by atomic mass is 79.9. The van der Waals surface area contributed by atoms with Crippen LogP contribution in [0.2, 0.25) is 0 Å². The molecule has 3 heterocycles. The Morgan fingerprint density at radius 3 is 2.59 bits per heavy atom. The average Bonchev–Trinajstić information content (AvgIpc) is 3.18. The van der Waals surface area contributed by atoms with Crippen molar-refractivity contribution in [2.75, 3.05) is 42.9 Å². The van der Waals surface area contributed by atoms with Crippen LogP contribution in [0.15, 0.2) is 52.4 Å². The molecule has 9 heteroatoms. The van der Waals surface area contributed by atoms with Gasteiger partial charge in [-0.2, -0.15) is 0 Å². The molecule has 1 fully saturated rings. The number of thiazole rings is 1. The lowest BCUT2D eigenvalue weighted by molar-refractivity contribution is -0.117. The van der Waals surface area contributed by atoms with E-state index < -0.39 is 0 Å². The molecule has 0 radical (unpaired) electrons. The molecule has 1 aromatic carbocycles. The minimum Gasteiger partial charge on any atom is -0.354 e. The number of nitrogens with one attached hydrogen (secondary N) is 1. The van der Waals surface area contributed by atoms with Crippen molar-refractivity contribution < 1.29 is 9.18 Å². The van der Waals surface area contributed by atoms with Gasteiger partial charge < -0.3 is 10.2 Å². The van der Waals surface area contributed by atoms with Crippen LogP contribution in [0, 0.1) is 5.82 Å². The van der Waals surface area contributed by atoms with E-state index in [0.717, 1.165) is 47.7 Å². The van der Waals surface area contributed by atoms with Gasteiger partial charge in [0.25, 0.3) is 0 Å². The van der Waals surface area contributed by atoms with Crippen molar-refractivity contribution in [1.82, 2.24) is 14.9 Å². The predicted molar refractivity (Wildman–Crippen MR) is 117 cm³/mol. The van der Waals surface area contributed by atoms with Crippen molar-refractivity contribution in [3.05, 3.63) is 58.3 Å². The molecule has 0 unspecified atom stereocenters. The topological polar surface area (TPSA) is 61.4 Å². The maximum atomic E-state index is 13.1. The number of carbonyl (C=O) groups is 1. The molecule has 2 aromatic heterocycles. The summed E-state index contributed by atoms with van der Waals surface area (Å²) in [5, 5.41) is 5.26. The molecule has 0 bridgehead atoms. The van der Waals surface area contributed by atoms with E-state index in [9.17, 15) is 9.18 Å². The number of anilines is 2. The Bertz CT molecular complexity index is 971. The van der Waals surface area contributed by atoms with Gasteiger partial charge in [0, 0.05) is 47.8 Å². The molecular weight excluding hydrogens is 457 g/mol. The Morgan fingerprint density at radius 2 is 1.90 bits per heavy atom. The summed E-state index contributed by atoms with van der Waals surface area (Å²) in [6, 6.07) is 10.1. The Morgan fingerprint density at radius 1 is 1.14 bits per heavy atom. The van der Waals surface area contributed by atoms with Gasteiger partial charge >= 0.3 is 0 Å². The number of hydrogen-bond donors (Lipinski definition) is 1. The first-order chi connectivity index (χ1) is 14.1. The molecule has 29 heavy (non-hydrogen) atoms. The second-order valence-electron chi connectivity index (χ2n) is 6.69. The first-order valence-corrected chi connectivity index (χ1v) is 10.8. The molecule has 6 nitrogen and oxygen atoms in total. The minimum absolute atomic E-state index is 0.0831. The number of piperazine rings is 1. The Labute approximate surface area is 180 Å². The molecule has 1 amide bonds. The van der Waals surface area contributed by atoms with E-state index in [4.69, 9.17) is 0 Å². The number of hydrogen-bond acceptors (Lipinski definition) is 6. The quantitative estimate of drug-likeness (QED) is 0.606. The third-order valence-electron chi connectivity index (χ3n) is 4.67. The number of pyridine rings is 1. The third-order valence-corrected chi connectivity index (χ3v) is 5.89. The molecule has 0 atom stereocenters. The highest BCUT2D eigenvalue weighted by Crippen LogP contribution is 2.25. The van der Waals surface area contributed by atoms with Crippen LogP contribution >= 0.6 is 27.3 Å². The SMILES string of the molecule is O=C(CN1CCN(c2ccc(Br)cn2)CC1)Nc1nc(-c2ccc(F)cc2)cs1. The molecule has 4 rings (SSSR count). The number of carbonyl (C=O) groups excluding carboxylic acids is 1. The van der Waals surface area contributed by atoms with Crippen LogP contribution in [0.4, 0.5) is 15.3 Å². The summed E-state index contributed by atoms with van der Waals surface area (Å²) >= 11 is 4.76. The fourth-order valence-corrected chi connectivity index (χ4v) is 4.11. The smallest absolute Gasteiger partial charge is 0.240 e. The fourth-order valence-electron chi connectivity index (χ4n) is 3.14. The van der Waals surface area contributed by atoms with Gasteiger partial charge in [-0.1, -0.05) is 0 Å². The highest BCUT2D eigenvalue weighted by molar-refractivity contribution is 9.10. The standard InChI is InChI=1S/C20H19BrFN5OS/c21-15-3-6-18(23-11-15)27-9-7-26(8-10-27)12-19(28)25-20-24-17(13-29-20)14-1-4-16(22)5-2-14/h1-6,11,13H,7-10,12H2,(H,24,25,28). The molecule has 1 N–H and O–H groups in total. The van der Waals surface area contributed by atoms with Crippen molar-refractivity contribution in [2.24, 2.45) is 0 Å². The van der Waals surface area contributed by atoms with E-state index in [2.05, 4.69) is 41.0 Å². The second kappa shape index (κ2) is 8.98. The number of benzene rings is 1. The number of nitrogens with zero attached hydrogens (tertiary/aromatic N) is 4. The lowest BCUT2D eigenvalue weighted by Crippen LogP contribution is -2.48. The maximum absolute atomic E-state index is 13.1. The van der Waals surface area contributed by atoms with Gasteiger partial charge in [0.05, 0.1) is 12.2 Å². The van der Waals surface area contributed by atoms with Crippen molar-refractivity contribution in [2.45, 2.75) is 0 Å². The van der Waals surface area contributed by atoms with Gasteiger partial charge in [0.1, 0.15) is 11.6 Å². The summed E-state index contributed by atoms with van der Waals surface area (Å²) in [6.07, 6.45) is 1.80. The van der Waals surface area contributed by atoms with Gasteiger partial charge in [-0.15, -0.1) is 11.3 Å². The molecule has 0 spiro atoms. The van der Waals surface area contributed by atoms with Crippen molar-refractivity contribution >= 4 is 44.1 Å². The van der Waals surface area contributed by atoms with Crippen LogP contribution in [0.1, 0.15) is 0 Å². The van der Waals surface area contributed by atoms with Gasteiger partial charge in [-0.3, -0.25) is 9.69 Å². The van der Waals surface area contributed by atoms with Crippen LogP contribution in [-0.4, -0.2) is 53.5 Å². The highest BCUT2D eigenvalue weighted by Gasteiger charge is 2.20. The van der Waals surface area contributed by atoms with Crippen LogP contribution in [0.3, 0.4) is 0 Å². The van der Waals surface area contributed by atoms with E-state index >= 15 is 0 Å². The Balaban J connectivity index is 1.27. The summed E-state index contributed by atoms with van der Waals surface area (Å²) in [4.78, 5) is 25.6. The van der Waals surface area contributed by atoms with Crippen LogP contribution in [-0.2, 0) is 4.79 Å². The van der Waals surface area contributed by atoms with Crippen LogP contribution in [0.5, 0.6) is 0 Å². The van der Waals surface area contributed by atoms with E-state index in [0.29, 0.717) is 11.7 Å². The monoisotopic (exact) mass is 475 g/mol. The predicted octanol–water partition coefficient (Wildman–Crippen LogP) is 3.87. The lowest BCUT2D eigenvalue weighted by Gasteiger charge is -2.34. The van der Waals surface area contributed by atoms with Gasteiger partial charge in [0.15, 0.2) is 5.13 Å². The summed E-state index contributed by atoms with van der Waals surface area (Å²) in [6.45, 7) is 3.57. The van der Waals surface area contributed by atoms with Gasteiger partial charge in [-0.25, -0.2) is 14.4 Å². The maximum Gasteiger partial charge on any atom is 0.240 e. The molecule has 1 aliphatic rings. The summed E-state index contributed by atoms with van der Waals surface area (Å²) in [5.74, 6) is 0.585.